The minimum Gasteiger partial charge on any atom is -0.480 e. The van der Waals surface area contributed by atoms with Crippen molar-refractivity contribution in [2.75, 3.05) is 0 Å². The van der Waals surface area contributed by atoms with E-state index in [1.807, 2.05) is 0 Å². The maximum absolute atomic E-state index is 10.9. The fourth-order valence-electron chi connectivity index (χ4n) is 1.18. The van der Waals surface area contributed by atoms with Gasteiger partial charge in [-0.25, -0.2) is 4.79 Å². The summed E-state index contributed by atoms with van der Waals surface area (Å²) in [6.07, 6.45) is -0.0493. The smallest absolute Gasteiger partial charge is 0.326 e. The van der Waals surface area contributed by atoms with E-state index in [9.17, 15) is 14.7 Å². The van der Waals surface area contributed by atoms with Crippen molar-refractivity contribution < 1.29 is 19.8 Å². The zero-order valence-corrected chi connectivity index (χ0v) is 6.49. The SMILES string of the molecule is O=C1CCC(O)CC(C(=O)O)N1. The quantitative estimate of drug-likeness (QED) is 0.479. The van der Waals surface area contributed by atoms with Gasteiger partial charge in [0.05, 0.1) is 6.10 Å². The van der Waals surface area contributed by atoms with E-state index >= 15 is 0 Å². The maximum Gasteiger partial charge on any atom is 0.326 e. The Morgan fingerprint density at radius 2 is 2.25 bits per heavy atom. The van der Waals surface area contributed by atoms with Crippen LogP contribution in [-0.2, 0) is 9.59 Å². The molecule has 0 saturated carbocycles. The number of aliphatic hydroxyl groups excluding tert-OH is 1. The number of amides is 1. The Morgan fingerprint density at radius 1 is 1.58 bits per heavy atom. The summed E-state index contributed by atoms with van der Waals surface area (Å²) in [5.74, 6) is -1.40. The monoisotopic (exact) mass is 173 g/mol. The molecule has 5 heteroatoms. The Bertz CT molecular complexity index is 204. The summed E-state index contributed by atoms with van der Waals surface area (Å²) in [5, 5.41) is 20.1. The van der Waals surface area contributed by atoms with Crippen molar-refractivity contribution in [3.8, 4) is 0 Å². The molecule has 1 aliphatic rings. The first-order chi connectivity index (χ1) is 5.59. The van der Waals surface area contributed by atoms with Crippen molar-refractivity contribution in [2.24, 2.45) is 0 Å². The van der Waals surface area contributed by atoms with E-state index in [0.29, 0.717) is 6.42 Å². The summed E-state index contributed by atoms with van der Waals surface area (Å²) in [6.45, 7) is 0. The third-order valence-electron chi connectivity index (χ3n) is 1.85. The molecule has 12 heavy (non-hydrogen) atoms. The molecule has 1 aliphatic heterocycles. The molecular formula is C7H11NO4. The summed E-state index contributed by atoms with van der Waals surface area (Å²) in [7, 11) is 0. The summed E-state index contributed by atoms with van der Waals surface area (Å²) < 4.78 is 0. The fourth-order valence-corrected chi connectivity index (χ4v) is 1.18. The highest BCUT2D eigenvalue weighted by Crippen LogP contribution is 2.10. The number of carbonyl (C=O) groups is 2. The van der Waals surface area contributed by atoms with Gasteiger partial charge in [0.15, 0.2) is 0 Å². The molecule has 1 saturated heterocycles. The second-order valence-electron chi connectivity index (χ2n) is 2.89. The lowest BCUT2D eigenvalue weighted by molar-refractivity contribution is -0.142. The van der Waals surface area contributed by atoms with Crippen molar-refractivity contribution >= 4 is 11.9 Å². The Labute approximate surface area is 69.4 Å². The van der Waals surface area contributed by atoms with Crippen LogP contribution < -0.4 is 5.32 Å². The molecule has 1 fully saturated rings. The van der Waals surface area contributed by atoms with Crippen LogP contribution in [0.5, 0.6) is 0 Å². The number of carboxylic acids is 1. The van der Waals surface area contributed by atoms with E-state index < -0.39 is 18.1 Å². The lowest BCUT2D eigenvalue weighted by Crippen LogP contribution is -2.40. The predicted octanol–water partition coefficient (Wildman–Crippen LogP) is -0.899. The van der Waals surface area contributed by atoms with E-state index in [2.05, 4.69) is 5.32 Å². The largest absolute Gasteiger partial charge is 0.480 e. The molecule has 1 heterocycles. The topological polar surface area (TPSA) is 86.6 Å². The van der Waals surface area contributed by atoms with Gasteiger partial charge in [-0.1, -0.05) is 0 Å². The molecule has 1 rings (SSSR count). The maximum atomic E-state index is 10.9. The van der Waals surface area contributed by atoms with Crippen molar-refractivity contribution in [1.82, 2.24) is 5.32 Å². The van der Waals surface area contributed by atoms with Crippen LogP contribution in [0, 0.1) is 0 Å². The van der Waals surface area contributed by atoms with Gasteiger partial charge in [-0.05, 0) is 6.42 Å². The molecule has 0 aliphatic carbocycles. The van der Waals surface area contributed by atoms with Crippen LogP contribution in [0.3, 0.4) is 0 Å². The average Bonchev–Trinajstić information content (AvgIpc) is 2.13. The van der Waals surface area contributed by atoms with E-state index in [1.165, 1.54) is 0 Å². The van der Waals surface area contributed by atoms with Crippen LogP contribution in [0.25, 0.3) is 0 Å². The minimum atomic E-state index is -1.09. The van der Waals surface area contributed by atoms with Crippen molar-refractivity contribution in [3.63, 3.8) is 0 Å². The predicted molar refractivity (Wildman–Crippen MR) is 39.4 cm³/mol. The highest BCUT2D eigenvalue weighted by Gasteiger charge is 2.26. The number of hydrogen-bond donors (Lipinski definition) is 3. The fraction of sp³-hybridized carbons (Fsp3) is 0.714. The number of rotatable bonds is 1. The van der Waals surface area contributed by atoms with Crippen LogP contribution in [0.2, 0.25) is 0 Å². The van der Waals surface area contributed by atoms with Gasteiger partial charge in [0.25, 0.3) is 0 Å². The van der Waals surface area contributed by atoms with Crippen LogP contribution in [0.15, 0.2) is 0 Å². The second-order valence-corrected chi connectivity index (χ2v) is 2.89. The van der Waals surface area contributed by atoms with Crippen LogP contribution in [0.4, 0.5) is 0 Å². The van der Waals surface area contributed by atoms with Gasteiger partial charge in [-0.3, -0.25) is 4.79 Å². The molecule has 0 spiro atoms. The van der Waals surface area contributed by atoms with Gasteiger partial charge in [0, 0.05) is 12.8 Å². The van der Waals surface area contributed by atoms with E-state index in [-0.39, 0.29) is 18.7 Å². The summed E-state index contributed by atoms with van der Waals surface area (Å²) >= 11 is 0. The number of hydrogen-bond acceptors (Lipinski definition) is 3. The average molecular weight is 173 g/mol. The first kappa shape index (κ1) is 8.99. The molecule has 0 aromatic rings. The third kappa shape index (κ3) is 2.20. The number of aliphatic hydroxyl groups is 1. The highest BCUT2D eigenvalue weighted by atomic mass is 16.4. The third-order valence-corrected chi connectivity index (χ3v) is 1.85. The molecule has 0 aromatic carbocycles. The Morgan fingerprint density at radius 3 is 2.83 bits per heavy atom. The molecule has 5 nitrogen and oxygen atoms in total. The number of aliphatic carboxylic acids is 1. The van der Waals surface area contributed by atoms with Crippen molar-refractivity contribution in [3.05, 3.63) is 0 Å². The number of nitrogens with one attached hydrogen (secondary N) is 1. The van der Waals surface area contributed by atoms with E-state index in [0.717, 1.165) is 0 Å². The number of carbonyl (C=O) groups excluding carboxylic acids is 1. The van der Waals surface area contributed by atoms with Crippen LogP contribution in [0.1, 0.15) is 19.3 Å². The first-order valence-electron chi connectivity index (χ1n) is 3.80. The van der Waals surface area contributed by atoms with Crippen molar-refractivity contribution in [1.29, 1.82) is 0 Å². The highest BCUT2D eigenvalue weighted by molar-refractivity contribution is 5.83. The van der Waals surface area contributed by atoms with E-state index in [1.54, 1.807) is 0 Å². The van der Waals surface area contributed by atoms with E-state index in [4.69, 9.17) is 5.11 Å². The second kappa shape index (κ2) is 3.53. The van der Waals surface area contributed by atoms with Gasteiger partial charge in [-0.15, -0.1) is 0 Å². The molecule has 2 atom stereocenters. The molecule has 0 aromatic heterocycles. The zero-order chi connectivity index (χ0) is 9.14. The summed E-state index contributed by atoms with van der Waals surface area (Å²) in [6, 6.07) is -0.935. The van der Waals surface area contributed by atoms with Gasteiger partial charge in [0.1, 0.15) is 6.04 Å². The Kier molecular flexibility index (Phi) is 2.65. The molecule has 2 unspecified atom stereocenters. The van der Waals surface area contributed by atoms with Crippen LogP contribution in [-0.4, -0.2) is 34.2 Å². The molecule has 0 bridgehead atoms. The van der Waals surface area contributed by atoms with Gasteiger partial charge in [-0.2, -0.15) is 0 Å². The standard InChI is InChI=1S/C7H11NO4/c9-4-1-2-6(10)8-5(3-4)7(11)12/h4-5,9H,1-3H2,(H,8,10)(H,11,12). The van der Waals surface area contributed by atoms with Crippen molar-refractivity contribution in [2.45, 2.75) is 31.4 Å². The zero-order valence-electron chi connectivity index (χ0n) is 6.49. The summed E-state index contributed by atoms with van der Waals surface area (Å²) in [4.78, 5) is 21.3. The molecular weight excluding hydrogens is 162 g/mol. The van der Waals surface area contributed by atoms with Crippen LogP contribution >= 0.6 is 0 Å². The first-order valence-corrected chi connectivity index (χ1v) is 3.80. The summed E-state index contributed by atoms with van der Waals surface area (Å²) in [5.41, 5.74) is 0. The Hall–Kier alpha value is -1.10. The Balaban J connectivity index is 2.61. The van der Waals surface area contributed by atoms with Gasteiger partial charge < -0.3 is 15.5 Å². The van der Waals surface area contributed by atoms with Gasteiger partial charge >= 0.3 is 5.97 Å². The lowest BCUT2D eigenvalue weighted by Gasteiger charge is -2.11. The molecule has 3 N–H and O–H groups in total. The van der Waals surface area contributed by atoms with Gasteiger partial charge in [0.2, 0.25) is 5.91 Å². The number of carboxylic acid groups (broad SMARTS) is 1. The minimum absolute atomic E-state index is 0.0983. The molecule has 0 radical (unpaired) electrons. The lowest BCUT2D eigenvalue weighted by atomic mass is 10.1. The normalized spacial score (nSPS) is 30.6. The molecule has 1 amide bonds. The molecule has 68 valence electrons.